The summed E-state index contributed by atoms with van der Waals surface area (Å²) in [7, 11) is 0. The standard InChI is InChI=1S/C26H22N2/c1-3-7-19(8-4-1)23-24(20-9-5-2-6-10-20)26(22-13-17-28-18-14-22)25(23)21-11-15-27-16-12-21/h1-18,23-26H/t23-,24+,25+,26?/m1/s1. The third kappa shape index (κ3) is 2.91. The van der Waals surface area contributed by atoms with E-state index in [1.54, 1.807) is 0 Å². The van der Waals surface area contributed by atoms with Crippen LogP contribution in [0.1, 0.15) is 45.9 Å². The van der Waals surface area contributed by atoms with E-state index >= 15 is 0 Å². The van der Waals surface area contributed by atoms with E-state index < -0.39 is 0 Å². The summed E-state index contributed by atoms with van der Waals surface area (Å²) < 4.78 is 0. The summed E-state index contributed by atoms with van der Waals surface area (Å²) in [6.45, 7) is 0. The Balaban J connectivity index is 1.67. The molecule has 28 heavy (non-hydrogen) atoms. The minimum absolute atomic E-state index is 0.415. The lowest BCUT2D eigenvalue weighted by Crippen LogP contribution is -2.40. The van der Waals surface area contributed by atoms with Crippen molar-refractivity contribution in [2.24, 2.45) is 0 Å². The smallest absolute Gasteiger partial charge is 0.0270 e. The van der Waals surface area contributed by atoms with Crippen LogP contribution in [0, 0.1) is 0 Å². The zero-order valence-corrected chi connectivity index (χ0v) is 15.6. The minimum atomic E-state index is 0.415. The van der Waals surface area contributed by atoms with Gasteiger partial charge in [-0.2, -0.15) is 0 Å². The Bertz CT molecular complexity index is 835. The largest absolute Gasteiger partial charge is 0.265 e. The Kier molecular flexibility index (Phi) is 4.46. The maximum absolute atomic E-state index is 4.25. The zero-order valence-electron chi connectivity index (χ0n) is 15.6. The summed E-state index contributed by atoms with van der Waals surface area (Å²) >= 11 is 0. The van der Waals surface area contributed by atoms with Crippen LogP contribution in [0.5, 0.6) is 0 Å². The van der Waals surface area contributed by atoms with Gasteiger partial charge in [-0.15, -0.1) is 0 Å². The second-order valence-corrected chi connectivity index (χ2v) is 7.49. The van der Waals surface area contributed by atoms with E-state index in [1.807, 2.05) is 24.8 Å². The molecule has 2 aromatic carbocycles. The Labute approximate surface area is 165 Å². The molecule has 1 aliphatic carbocycles. The van der Waals surface area contributed by atoms with Gasteiger partial charge in [-0.25, -0.2) is 0 Å². The van der Waals surface area contributed by atoms with Crippen LogP contribution in [0.2, 0.25) is 0 Å². The molecule has 0 radical (unpaired) electrons. The van der Waals surface area contributed by atoms with Crippen molar-refractivity contribution in [1.29, 1.82) is 0 Å². The highest BCUT2D eigenvalue weighted by molar-refractivity contribution is 5.47. The van der Waals surface area contributed by atoms with Crippen molar-refractivity contribution >= 4 is 0 Å². The van der Waals surface area contributed by atoms with Gasteiger partial charge < -0.3 is 0 Å². The fraction of sp³-hybridized carbons (Fsp3) is 0.154. The van der Waals surface area contributed by atoms with Gasteiger partial charge in [0.05, 0.1) is 0 Å². The predicted molar refractivity (Wildman–Crippen MR) is 112 cm³/mol. The second kappa shape index (κ2) is 7.40. The second-order valence-electron chi connectivity index (χ2n) is 7.49. The average Bonchev–Trinajstić information content (AvgIpc) is 2.76. The highest BCUT2D eigenvalue weighted by Gasteiger charge is 2.52. The number of benzene rings is 2. The highest BCUT2D eigenvalue weighted by Crippen LogP contribution is 2.66. The van der Waals surface area contributed by atoms with Crippen LogP contribution in [0.25, 0.3) is 0 Å². The molecule has 0 amide bonds. The molecule has 0 N–H and O–H groups in total. The topological polar surface area (TPSA) is 25.8 Å². The first-order valence-electron chi connectivity index (χ1n) is 9.83. The fourth-order valence-electron chi connectivity index (χ4n) is 4.93. The van der Waals surface area contributed by atoms with Crippen molar-refractivity contribution in [2.45, 2.75) is 23.7 Å². The van der Waals surface area contributed by atoms with E-state index in [9.17, 15) is 0 Å². The molecule has 5 rings (SSSR count). The molecule has 2 nitrogen and oxygen atoms in total. The van der Waals surface area contributed by atoms with Gasteiger partial charge in [0.15, 0.2) is 0 Å². The Morgan fingerprint density at radius 2 is 0.643 bits per heavy atom. The Morgan fingerprint density at radius 3 is 0.964 bits per heavy atom. The molecule has 1 saturated carbocycles. The highest BCUT2D eigenvalue weighted by atomic mass is 14.6. The third-order valence-electron chi connectivity index (χ3n) is 6.10. The maximum atomic E-state index is 4.25. The molecule has 0 bridgehead atoms. The van der Waals surface area contributed by atoms with Gasteiger partial charge in [0, 0.05) is 24.8 Å². The summed E-state index contributed by atoms with van der Waals surface area (Å²) in [5.74, 6) is 1.70. The number of pyridine rings is 2. The van der Waals surface area contributed by atoms with Crippen LogP contribution in [-0.2, 0) is 0 Å². The van der Waals surface area contributed by atoms with Crippen LogP contribution in [0.4, 0.5) is 0 Å². The van der Waals surface area contributed by atoms with Crippen molar-refractivity contribution < 1.29 is 0 Å². The predicted octanol–water partition coefficient (Wildman–Crippen LogP) is 5.93. The van der Waals surface area contributed by atoms with Crippen molar-refractivity contribution in [3.05, 3.63) is 132 Å². The minimum Gasteiger partial charge on any atom is -0.265 e. The molecule has 136 valence electrons. The van der Waals surface area contributed by atoms with Gasteiger partial charge in [0.25, 0.3) is 0 Å². The van der Waals surface area contributed by atoms with E-state index in [-0.39, 0.29) is 0 Å². The van der Waals surface area contributed by atoms with Gasteiger partial charge >= 0.3 is 0 Å². The number of hydrogen-bond acceptors (Lipinski definition) is 2. The summed E-state index contributed by atoms with van der Waals surface area (Å²) in [5, 5.41) is 0. The molecule has 0 aliphatic heterocycles. The first-order valence-corrected chi connectivity index (χ1v) is 9.83. The van der Waals surface area contributed by atoms with Crippen LogP contribution >= 0.6 is 0 Å². The van der Waals surface area contributed by atoms with E-state index in [0.29, 0.717) is 23.7 Å². The maximum Gasteiger partial charge on any atom is 0.0270 e. The molecule has 2 heterocycles. The quantitative estimate of drug-likeness (QED) is 0.450. The molecule has 1 unspecified atom stereocenters. The number of aromatic nitrogens is 2. The lowest BCUT2D eigenvalue weighted by molar-refractivity contribution is 0.228. The summed E-state index contributed by atoms with van der Waals surface area (Å²) in [6, 6.07) is 30.6. The van der Waals surface area contributed by atoms with Gasteiger partial charge in [-0.1, -0.05) is 60.7 Å². The third-order valence-corrected chi connectivity index (χ3v) is 6.10. The lowest BCUT2D eigenvalue weighted by Gasteiger charge is -2.53. The van der Waals surface area contributed by atoms with Gasteiger partial charge in [0.2, 0.25) is 0 Å². The van der Waals surface area contributed by atoms with Crippen LogP contribution in [0.15, 0.2) is 110 Å². The van der Waals surface area contributed by atoms with Gasteiger partial charge in [0.1, 0.15) is 0 Å². The van der Waals surface area contributed by atoms with E-state index in [0.717, 1.165) is 0 Å². The molecular formula is C26H22N2. The average molecular weight is 362 g/mol. The lowest BCUT2D eigenvalue weighted by atomic mass is 9.49. The molecule has 4 aromatic rings. The van der Waals surface area contributed by atoms with Gasteiger partial charge in [-0.05, 0) is 70.2 Å². The summed E-state index contributed by atoms with van der Waals surface area (Å²) in [4.78, 5) is 8.50. The van der Waals surface area contributed by atoms with E-state index in [4.69, 9.17) is 0 Å². The zero-order chi connectivity index (χ0) is 18.8. The first-order chi connectivity index (χ1) is 13.9. The van der Waals surface area contributed by atoms with Crippen molar-refractivity contribution in [1.82, 2.24) is 9.97 Å². The molecule has 4 atom stereocenters. The Hall–Kier alpha value is -3.26. The molecule has 1 fully saturated rings. The van der Waals surface area contributed by atoms with Gasteiger partial charge in [-0.3, -0.25) is 9.97 Å². The van der Waals surface area contributed by atoms with E-state index in [1.165, 1.54) is 22.3 Å². The monoisotopic (exact) mass is 362 g/mol. The number of hydrogen-bond donors (Lipinski definition) is 0. The van der Waals surface area contributed by atoms with Crippen molar-refractivity contribution in [2.75, 3.05) is 0 Å². The normalized spacial score (nSPS) is 23.7. The van der Waals surface area contributed by atoms with Crippen LogP contribution in [-0.4, -0.2) is 9.97 Å². The number of nitrogens with zero attached hydrogens (tertiary/aromatic N) is 2. The SMILES string of the molecule is c1ccc([C@@H]2[C@H](c3ccccc3)C(c3ccncc3)[C@H]2c2ccncc2)cc1. The summed E-state index contributed by atoms with van der Waals surface area (Å²) in [5.41, 5.74) is 5.53. The van der Waals surface area contributed by atoms with E-state index in [2.05, 4.69) is 94.9 Å². The molecule has 0 spiro atoms. The van der Waals surface area contributed by atoms with Crippen LogP contribution < -0.4 is 0 Å². The molecule has 0 saturated heterocycles. The van der Waals surface area contributed by atoms with Crippen molar-refractivity contribution in [3.63, 3.8) is 0 Å². The van der Waals surface area contributed by atoms with Crippen LogP contribution in [0.3, 0.4) is 0 Å². The summed E-state index contributed by atoms with van der Waals surface area (Å²) in [6.07, 6.45) is 7.65. The molecular weight excluding hydrogens is 340 g/mol. The number of rotatable bonds is 4. The Morgan fingerprint density at radius 1 is 0.357 bits per heavy atom. The molecule has 1 aliphatic rings. The molecule has 2 heteroatoms. The molecule has 2 aromatic heterocycles. The fourth-order valence-corrected chi connectivity index (χ4v) is 4.93. The first kappa shape index (κ1) is 16.9. The van der Waals surface area contributed by atoms with Crippen molar-refractivity contribution in [3.8, 4) is 0 Å².